The molecule has 3 atom stereocenters. The zero-order valence-corrected chi connectivity index (χ0v) is 25.0. The summed E-state index contributed by atoms with van der Waals surface area (Å²) in [5, 5.41) is 29.6. The second-order valence-electron chi connectivity index (χ2n) is 12.5. The number of pyridine rings is 2. The Bertz CT molecular complexity index is 1890. The van der Waals surface area contributed by atoms with Crippen LogP contribution in [0.1, 0.15) is 43.8 Å². The van der Waals surface area contributed by atoms with Gasteiger partial charge in [0.2, 0.25) is 11.6 Å². The predicted octanol–water partition coefficient (Wildman–Crippen LogP) is 4.64. The van der Waals surface area contributed by atoms with Gasteiger partial charge < -0.3 is 10.1 Å². The smallest absolute Gasteiger partial charge is 0.225 e. The number of rotatable bonds is 8. The lowest BCUT2D eigenvalue weighted by Gasteiger charge is -2.19. The third-order valence-corrected chi connectivity index (χ3v) is 9.94. The fourth-order valence-electron chi connectivity index (χ4n) is 6.78. The number of carbonyl (C=O) groups excluding carboxylic acids is 1. The van der Waals surface area contributed by atoms with Crippen LogP contribution in [0.25, 0.3) is 27.9 Å². The van der Waals surface area contributed by atoms with Crippen molar-refractivity contribution in [1.82, 2.24) is 39.9 Å². The molecule has 1 saturated heterocycles. The van der Waals surface area contributed by atoms with Crippen LogP contribution in [-0.2, 0) is 4.79 Å². The maximum atomic E-state index is 15.5. The molecule has 1 amide bonds. The molecular formula is C32H29ClFN9O2. The van der Waals surface area contributed by atoms with Crippen LogP contribution in [-0.4, -0.2) is 58.9 Å². The molecule has 4 aromatic heterocycles. The Morgan fingerprint density at radius 2 is 1.96 bits per heavy atom. The maximum absolute atomic E-state index is 15.5. The minimum absolute atomic E-state index is 0.0459. The average molecular weight is 626 g/mol. The van der Waals surface area contributed by atoms with E-state index >= 15 is 4.39 Å². The Kier molecular flexibility index (Phi) is 6.63. The number of aromatic nitrogens is 8. The van der Waals surface area contributed by atoms with Crippen LogP contribution < -0.4 is 4.73 Å². The number of halogens is 2. The topological polar surface area (TPSA) is 122 Å². The number of amides is 1. The molecule has 8 rings (SSSR count). The number of hydrogen-bond donors (Lipinski definition) is 0. The highest BCUT2D eigenvalue weighted by Gasteiger charge is 2.53. The second-order valence-corrected chi connectivity index (χ2v) is 12.9. The van der Waals surface area contributed by atoms with Crippen molar-refractivity contribution in [2.24, 2.45) is 17.3 Å². The molecule has 2 saturated carbocycles. The lowest BCUT2D eigenvalue weighted by molar-refractivity contribution is -0.615. The SMILES string of the molecule is O=C(C1CC1CC(c1ccc(-c2c(-n3cnnn3)ccc(Cl)c2F)c[n+]1[O-])n1cc(-c2ccncc2)cn1)N1CCC2(CC2)C1. The Morgan fingerprint density at radius 3 is 2.69 bits per heavy atom. The van der Waals surface area contributed by atoms with Crippen LogP contribution in [0.3, 0.4) is 0 Å². The van der Waals surface area contributed by atoms with E-state index in [1.807, 2.05) is 23.2 Å². The van der Waals surface area contributed by atoms with E-state index in [4.69, 9.17) is 11.6 Å². The lowest BCUT2D eigenvalue weighted by Crippen LogP contribution is -2.36. The molecule has 228 valence electrons. The normalized spacial score (nSPS) is 20.4. The Labute approximate surface area is 262 Å². The van der Waals surface area contributed by atoms with E-state index in [0.29, 0.717) is 28.8 Å². The monoisotopic (exact) mass is 625 g/mol. The third-order valence-electron chi connectivity index (χ3n) is 9.65. The quantitative estimate of drug-likeness (QED) is 0.182. The first kappa shape index (κ1) is 27.8. The second kappa shape index (κ2) is 10.7. The van der Waals surface area contributed by atoms with Gasteiger partial charge in [0, 0.05) is 49.2 Å². The van der Waals surface area contributed by atoms with Crippen molar-refractivity contribution in [2.75, 3.05) is 13.1 Å². The van der Waals surface area contributed by atoms with Crippen molar-refractivity contribution >= 4 is 17.5 Å². The minimum Gasteiger partial charge on any atom is -0.618 e. The molecule has 1 spiro atoms. The van der Waals surface area contributed by atoms with Gasteiger partial charge in [-0.15, -0.1) is 5.10 Å². The van der Waals surface area contributed by atoms with E-state index in [2.05, 4.69) is 25.6 Å². The van der Waals surface area contributed by atoms with Crippen LogP contribution in [0.5, 0.6) is 0 Å². The summed E-state index contributed by atoms with van der Waals surface area (Å²) in [6, 6.07) is 9.76. The average Bonchev–Trinajstić information content (AvgIpc) is 3.72. The van der Waals surface area contributed by atoms with Crippen LogP contribution in [0, 0.1) is 28.3 Å². The van der Waals surface area contributed by atoms with Crippen LogP contribution in [0.4, 0.5) is 4.39 Å². The summed E-state index contributed by atoms with van der Waals surface area (Å²) in [4.78, 5) is 19.6. The van der Waals surface area contributed by atoms with Crippen LogP contribution >= 0.6 is 11.6 Å². The van der Waals surface area contributed by atoms with Gasteiger partial charge in [0.15, 0.2) is 12.0 Å². The van der Waals surface area contributed by atoms with E-state index in [-0.39, 0.29) is 28.3 Å². The van der Waals surface area contributed by atoms with Crippen molar-refractivity contribution < 1.29 is 13.9 Å². The number of likely N-dealkylation sites (tertiary alicyclic amines) is 1. The highest BCUT2D eigenvalue weighted by atomic mass is 35.5. The molecule has 0 N–H and O–H groups in total. The molecule has 13 heteroatoms. The largest absolute Gasteiger partial charge is 0.618 e. The first-order chi connectivity index (χ1) is 21.9. The number of tetrazole rings is 1. The number of carbonyl (C=O) groups is 1. The summed E-state index contributed by atoms with van der Waals surface area (Å²) in [6.45, 7) is 1.72. The molecular weight excluding hydrogens is 597 g/mol. The summed E-state index contributed by atoms with van der Waals surface area (Å²) >= 11 is 6.15. The Hall–Kier alpha value is -4.71. The Balaban J connectivity index is 1.12. The minimum atomic E-state index is -0.683. The van der Waals surface area contributed by atoms with Gasteiger partial charge in [0.25, 0.3) is 0 Å². The number of benzene rings is 1. The first-order valence-electron chi connectivity index (χ1n) is 15.1. The molecule has 0 radical (unpaired) electrons. The molecule has 3 fully saturated rings. The van der Waals surface area contributed by atoms with Crippen molar-refractivity contribution in [3.05, 3.63) is 95.5 Å². The van der Waals surface area contributed by atoms with Crippen LogP contribution in [0.15, 0.2) is 73.7 Å². The van der Waals surface area contributed by atoms with Gasteiger partial charge >= 0.3 is 0 Å². The van der Waals surface area contributed by atoms with Gasteiger partial charge in [0.1, 0.15) is 12.4 Å². The zero-order valence-electron chi connectivity index (χ0n) is 24.2. The molecule has 1 aliphatic heterocycles. The summed E-state index contributed by atoms with van der Waals surface area (Å²) < 4.78 is 19.3. The number of nitrogens with zero attached hydrogens (tertiary/aromatic N) is 9. The van der Waals surface area contributed by atoms with Crippen molar-refractivity contribution in [3.63, 3.8) is 0 Å². The number of hydrogen-bond acceptors (Lipinski definition) is 7. The molecule has 11 nitrogen and oxygen atoms in total. The summed E-state index contributed by atoms with van der Waals surface area (Å²) in [6.07, 6.45) is 14.7. The molecule has 45 heavy (non-hydrogen) atoms. The fourth-order valence-corrected chi connectivity index (χ4v) is 6.94. The summed E-state index contributed by atoms with van der Waals surface area (Å²) in [7, 11) is 0. The third kappa shape index (κ3) is 5.12. The molecule has 5 aromatic rings. The highest BCUT2D eigenvalue weighted by molar-refractivity contribution is 6.31. The standard InChI is InChI=1S/C32H29ClFN9O2/c33-25-2-4-27(42-19-36-38-39-42)29(30(25)34)21-1-3-26(43(45)17-21)28(41-16-23(15-37-41)20-5-10-35-11-6-20)14-22-13-24(22)31(44)40-12-9-32(18-40)7-8-32/h1-6,10-11,15-17,19,22,24,28H,7-9,12-14,18H2. The van der Waals surface area contributed by atoms with Gasteiger partial charge in [-0.3, -0.25) is 14.5 Å². The van der Waals surface area contributed by atoms with E-state index in [1.54, 1.807) is 41.5 Å². The molecule has 0 bridgehead atoms. The zero-order chi connectivity index (χ0) is 30.7. The van der Waals surface area contributed by atoms with E-state index < -0.39 is 11.9 Å². The van der Waals surface area contributed by atoms with Crippen molar-refractivity contribution in [3.8, 4) is 27.9 Å². The summed E-state index contributed by atoms with van der Waals surface area (Å²) in [5.41, 5.74) is 3.42. The Morgan fingerprint density at radius 1 is 1.11 bits per heavy atom. The highest BCUT2D eigenvalue weighted by Crippen LogP contribution is 2.54. The van der Waals surface area contributed by atoms with Gasteiger partial charge in [-0.25, -0.2) is 4.39 Å². The fraction of sp³-hybridized carbons (Fsp3) is 0.344. The van der Waals surface area contributed by atoms with Gasteiger partial charge in [-0.2, -0.15) is 14.5 Å². The summed E-state index contributed by atoms with van der Waals surface area (Å²) in [5.74, 6) is -0.367. The van der Waals surface area contributed by atoms with Crippen molar-refractivity contribution in [2.45, 2.75) is 38.1 Å². The van der Waals surface area contributed by atoms with Gasteiger partial charge in [-0.05, 0) is 89.8 Å². The molecule has 1 aromatic carbocycles. The molecule has 3 aliphatic rings. The predicted molar refractivity (Wildman–Crippen MR) is 161 cm³/mol. The van der Waals surface area contributed by atoms with Crippen LogP contribution in [0.2, 0.25) is 5.02 Å². The van der Waals surface area contributed by atoms with E-state index in [1.165, 1.54) is 36.1 Å². The molecule has 2 aliphatic carbocycles. The maximum Gasteiger partial charge on any atom is 0.225 e. The molecule has 3 unspecified atom stereocenters. The van der Waals surface area contributed by atoms with E-state index in [0.717, 1.165) is 41.8 Å². The van der Waals surface area contributed by atoms with Gasteiger partial charge in [0.05, 0.1) is 28.0 Å². The van der Waals surface area contributed by atoms with E-state index in [9.17, 15) is 10.0 Å². The molecule has 5 heterocycles. The van der Waals surface area contributed by atoms with Gasteiger partial charge in [-0.1, -0.05) is 11.6 Å². The van der Waals surface area contributed by atoms with Crippen molar-refractivity contribution in [1.29, 1.82) is 0 Å². The lowest BCUT2D eigenvalue weighted by atomic mass is 10.0. The first-order valence-corrected chi connectivity index (χ1v) is 15.5.